The third kappa shape index (κ3) is 24.4. The van der Waals surface area contributed by atoms with Gasteiger partial charge in [-0.15, -0.1) is 0 Å². The predicted molar refractivity (Wildman–Crippen MR) is 291 cm³/mol. The molecular weight excluding hydrogens is 967 g/mol. The molecule has 11 N–H and O–H groups in total. The molecule has 0 saturated heterocycles. The Balaban J connectivity index is 3.42. The molecule has 0 aliphatic rings. The van der Waals surface area contributed by atoms with E-state index in [1.54, 1.807) is 37.3 Å². The van der Waals surface area contributed by atoms with Crippen LogP contribution in [0.1, 0.15) is 147 Å². The molecule has 1 rings (SSSR count). The topological polar surface area (TPSA) is 296 Å². The number of thiol groups is 1. The molecule has 0 fully saturated rings. The van der Waals surface area contributed by atoms with Crippen molar-refractivity contribution in [2.75, 3.05) is 5.75 Å². The fourth-order valence-electron chi connectivity index (χ4n) is 8.12. The van der Waals surface area contributed by atoms with E-state index in [1.165, 1.54) is 0 Å². The number of nitrogens with two attached hydrogens (primary N) is 1. The van der Waals surface area contributed by atoms with Crippen molar-refractivity contribution < 1.29 is 48.3 Å². The maximum absolute atomic E-state index is 14.2. The first-order valence-corrected chi connectivity index (χ1v) is 27.2. The zero-order valence-electron chi connectivity index (χ0n) is 46.6. The number of carbonyl (C=O) groups is 9. The normalized spacial score (nSPS) is 16.1. The molecule has 0 saturated carbocycles. The van der Waals surface area contributed by atoms with Crippen molar-refractivity contribution >= 4 is 65.9 Å². The lowest BCUT2D eigenvalue weighted by atomic mass is 9.95. The van der Waals surface area contributed by atoms with E-state index in [0.717, 1.165) is 0 Å². The van der Waals surface area contributed by atoms with Gasteiger partial charge < -0.3 is 53.4 Å². The summed E-state index contributed by atoms with van der Waals surface area (Å²) in [5.74, 6) is -7.60. The molecule has 19 nitrogen and oxygen atoms in total. The lowest BCUT2D eigenvalue weighted by Gasteiger charge is -2.30. The number of carboxylic acids is 1. The summed E-state index contributed by atoms with van der Waals surface area (Å²) in [4.78, 5) is 123. The number of carboxylic acid groups (broad SMARTS) is 1. The number of hydrogen-bond donors (Lipinski definition) is 11. The van der Waals surface area contributed by atoms with Crippen molar-refractivity contribution in [2.24, 2.45) is 47.2 Å². The zero-order valence-corrected chi connectivity index (χ0v) is 47.5. The summed E-state index contributed by atoms with van der Waals surface area (Å²) in [5, 5.41) is 31.8. The highest BCUT2D eigenvalue weighted by Gasteiger charge is 2.37. The monoisotopic (exact) mass is 1060 g/mol. The Kier molecular flexibility index (Phi) is 30.3. The molecule has 1 aromatic rings. The molecule has 20 heteroatoms. The van der Waals surface area contributed by atoms with Crippen LogP contribution in [0.4, 0.5) is 0 Å². The number of nitrogens with one attached hydrogen (secondary N) is 8. The molecule has 0 aromatic heterocycles. The fraction of sp³-hybridized carbons (Fsp3) is 0.722. The minimum Gasteiger partial charge on any atom is -0.480 e. The Morgan fingerprint density at radius 2 is 0.743 bits per heavy atom. The van der Waals surface area contributed by atoms with Gasteiger partial charge in [-0.2, -0.15) is 12.6 Å². The summed E-state index contributed by atoms with van der Waals surface area (Å²) < 4.78 is 0. The Hall–Kier alpha value is -5.24. The first-order valence-electron chi connectivity index (χ1n) is 26.6. The van der Waals surface area contributed by atoms with Gasteiger partial charge in [0.2, 0.25) is 47.3 Å². The second kappa shape index (κ2) is 33.6. The summed E-state index contributed by atoms with van der Waals surface area (Å²) in [6, 6.07) is -1.25. The third-order valence-corrected chi connectivity index (χ3v) is 13.1. The van der Waals surface area contributed by atoms with Gasteiger partial charge in [0.15, 0.2) is 0 Å². The Labute approximate surface area is 446 Å². The van der Waals surface area contributed by atoms with Gasteiger partial charge in [0.1, 0.15) is 48.3 Å². The van der Waals surface area contributed by atoms with E-state index in [9.17, 15) is 48.3 Å². The maximum Gasteiger partial charge on any atom is 0.326 e. The van der Waals surface area contributed by atoms with Crippen LogP contribution in [0.2, 0.25) is 0 Å². The van der Waals surface area contributed by atoms with Crippen LogP contribution in [0.3, 0.4) is 0 Å². The molecule has 0 aliphatic carbocycles. The molecule has 0 heterocycles. The summed E-state index contributed by atoms with van der Waals surface area (Å²) in [6.45, 7) is 26.0. The highest BCUT2D eigenvalue weighted by Crippen LogP contribution is 2.16. The van der Waals surface area contributed by atoms with Gasteiger partial charge >= 0.3 is 5.97 Å². The standard InChI is InChI=1S/C54H93N9O10S/c1-15-34(13)44(55)52(70)59-39(24-31(7)8)47(65)56-37(22-29(3)4)46(64)57-38(23-30(5)6)48(66)62-43(28-74)51(69)58-40(25-32(9)10)50(68)63-45(35(14)16-2)53(71)60-41(27-36-20-18-17-19-21-36)49(67)61-42(54(72)73)26-33(11)12/h17-21,29-35,37-45,74H,15-16,22-28,55H2,1-14H3,(H,56,65)(H,57,64)(H,58,69)(H,59,70)(H,60,71)(H,61,67)(H,62,66)(H,63,68)(H,72,73). The molecule has 0 bridgehead atoms. The average Bonchev–Trinajstić information content (AvgIpc) is 3.31. The van der Waals surface area contributed by atoms with Crippen molar-refractivity contribution in [3.63, 3.8) is 0 Å². The van der Waals surface area contributed by atoms with Crippen LogP contribution in [-0.4, -0.2) is 118 Å². The number of aliphatic carboxylic acids is 1. The molecule has 11 atom stereocenters. The molecule has 420 valence electrons. The quantitative estimate of drug-likeness (QED) is 0.0442. The molecule has 8 amide bonds. The molecular formula is C54H93N9O10S. The van der Waals surface area contributed by atoms with Crippen LogP contribution in [0.5, 0.6) is 0 Å². The van der Waals surface area contributed by atoms with Gasteiger partial charge in [-0.05, 0) is 79.1 Å². The van der Waals surface area contributed by atoms with Crippen LogP contribution in [0.15, 0.2) is 30.3 Å². The van der Waals surface area contributed by atoms with Crippen LogP contribution in [0.25, 0.3) is 0 Å². The fourth-order valence-corrected chi connectivity index (χ4v) is 8.37. The van der Waals surface area contributed by atoms with Crippen molar-refractivity contribution in [1.82, 2.24) is 42.5 Å². The molecule has 1 aromatic carbocycles. The van der Waals surface area contributed by atoms with E-state index in [0.29, 0.717) is 18.4 Å². The van der Waals surface area contributed by atoms with Crippen molar-refractivity contribution in [2.45, 2.75) is 203 Å². The first-order chi connectivity index (χ1) is 34.5. The van der Waals surface area contributed by atoms with Gasteiger partial charge in [0.25, 0.3) is 0 Å². The van der Waals surface area contributed by atoms with Crippen LogP contribution >= 0.6 is 12.6 Å². The van der Waals surface area contributed by atoms with Gasteiger partial charge in [-0.1, -0.05) is 140 Å². The maximum atomic E-state index is 14.2. The lowest BCUT2D eigenvalue weighted by molar-refractivity contribution is -0.143. The molecule has 74 heavy (non-hydrogen) atoms. The minimum absolute atomic E-state index is 0.00396. The number of rotatable bonds is 34. The molecule has 0 radical (unpaired) electrons. The number of benzene rings is 1. The van der Waals surface area contributed by atoms with E-state index in [-0.39, 0.29) is 79.8 Å². The predicted octanol–water partition coefficient (Wildman–Crippen LogP) is 3.77. The number of amides is 8. The summed E-state index contributed by atoms with van der Waals surface area (Å²) in [7, 11) is 0. The summed E-state index contributed by atoms with van der Waals surface area (Å²) >= 11 is 4.37. The van der Waals surface area contributed by atoms with Crippen LogP contribution < -0.4 is 48.3 Å². The Morgan fingerprint density at radius 3 is 1.11 bits per heavy atom. The van der Waals surface area contributed by atoms with E-state index < -0.39 is 114 Å². The van der Waals surface area contributed by atoms with Crippen LogP contribution in [-0.2, 0) is 49.6 Å². The van der Waals surface area contributed by atoms with Crippen molar-refractivity contribution in [1.29, 1.82) is 0 Å². The van der Waals surface area contributed by atoms with E-state index in [1.807, 2.05) is 90.0 Å². The van der Waals surface area contributed by atoms with E-state index in [2.05, 4.69) is 55.2 Å². The van der Waals surface area contributed by atoms with Crippen molar-refractivity contribution in [3.05, 3.63) is 35.9 Å². The van der Waals surface area contributed by atoms with Gasteiger partial charge in [0, 0.05) is 12.2 Å². The Bertz CT molecular complexity index is 1970. The second-order valence-corrected chi connectivity index (χ2v) is 22.4. The third-order valence-electron chi connectivity index (χ3n) is 12.8. The average molecular weight is 1060 g/mol. The summed E-state index contributed by atoms with van der Waals surface area (Å²) in [6.07, 6.45) is 2.06. The van der Waals surface area contributed by atoms with Gasteiger partial charge in [-0.25, -0.2) is 4.79 Å². The summed E-state index contributed by atoms with van der Waals surface area (Å²) in [5.41, 5.74) is 6.89. The Morgan fingerprint density at radius 1 is 0.432 bits per heavy atom. The SMILES string of the molecule is CCC(C)C(N)C(=O)NC(CC(C)C)C(=O)NC(CC(C)C)C(=O)NC(CC(C)C)C(=O)NC(CS)C(=O)NC(CC(C)C)C(=O)NC(C(=O)NC(Cc1ccccc1)C(=O)NC(CC(C)C)C(=O)O)C(C)CC. The van der Waals surface area contributed by atoms with Crippen molar-refractivity contribution in [3.8, 4) is 0 Å². The van der Waals surface area contributed by atoms with Gasteiger partial charge in [0.05, 0.1) is 6.04 Å². The largest absolute Gasteiger partial charge is 0.480 e. The van der Waals surface area contributed by atoms with Gasteiger partial charge in [-0.3, -0.25) is 38.4 Å². The van der Waals surface area contributed by atoms with E-state index >= 15 is 0 Å². The first kappa shape index (κ1) is 66.8. The second-order valence-electron chi connectivity index (χ2n) is 22.1. The lowest BCUT2D eigenvalue weighted by Crippen LogP contribution is -2.61. The number of carbonyl (C=O) groups excluding carboxylic acids is 8. The van der Waals surface area contributed by atoms with Crippen LogP contribution in [0, 0.1) is 41.4 Å². The molecule has 11 unspecified atom stereocenters. The highest BCUT2D eigenvalue weighted by atomic mass is 32.1. The molecule has 0 aliphatic heterocycles. The minimum atomic E-state index is -1.29. The zero-order chi connectivity index (χ0) is 56.6. The number of hydrogen-bond acceptors (Lipinski definition) is 11. The van der Waals surface area contributed by atoms with E-state index in [4.69, 9.17) is 5.73 Å². The molecule has 0 spiro atoms. The highest BCUT2D eigenvalue weighted by molar-refractivity contribution is 7.80. The smallest absolute Gasteiger partial charge is 0.326 e.